The summed E-state index contributed by atoms with van der Waals surface area (Å²) in [5.74, 6) is 0.850. The summed E-state index contributed by atoms with van der Waals surface area (Å²) in [4.78, 5) is 23.3. The second-order valence-corrected chi connectivity index (χ2v) is 4.98. The van der Waals surface area contributed by atoms with Crippen LogP contribution in [0.1, 0.15) is 25.0 Å². The lowest BCUT2D eigenvalue weighted by atomic mass is 9.94. The van der Waals surface area contributed by atoms with Crippen molar-refractivity contribution >= 4 is 23.1 Å². The summed E-state index contributed by atoms with van der Waals surface area (Å²) in [6.07, 6.45) is -0.396. The Bertz CT molecular complexity index is 701. The Labute approximate surface area is 140 Å². The normalized spacial score (nSPS) is 10.3. The van der Waals surface area contributed by atoms with Gasteiger partial charge < -0.3 is 18.9 Å². The van der Waals surface area contributed by atoms with Crippen LogP contribution in [-0.2, 0) is 22.3 Å². The number of hydrogen-bond donors (Lipinski definition) is 0. The number of benzene rings is 2. The summed E-state index contributed by atoms with van der Waals surface area (Å²) in [7, 11) is 2.51. The molecular formula is C18H20O6. The molecular weight excluding hydrogens is 312 g/mol. The Balaban J connectivity index is 2.80. The van der Waals surface area contributed by atoms with Crippen molar-refractivity contribution in [2.75, 3.05) is 14.2 Å². The van der Waals surface area contributed by atoms with Crippen molar-refractivity contribution in [3.8, 4) is 11.5 Å². The summed E-state index contributed by atoms with van der Waals surface area (Å²) >= 11 is 0. The zero-order valence-electron chi connectivity index (χ0n) is 14.2. The van der Waals surface area contributed by atoms with E-state index in [0.29, 0.717) is 35.1 Å². The molecule has 0 fully saturated rings. The van der Waals surface area contributed by atoms with Crippen molar-refractivity contribution < 1.29 is 28.5 Å². The predicted molar refractivity (Wildman–Crippen MR) is 88.8 cm³/mol. The molecule has 2 rings (SSSR count). The van der Waals surface area contributed by atoms with Crippen LogP contribution >= 0.6 is 0 Å². The van der Waals surface area contributed by atoms with Crippen molar-refractivity contribution in [3.05, 3.63) is 35.4 Å². The summed E-state index contributed by atoms with van der Waals surface area (Å²) in [5, 5.41) is 1.33. The van der Waals surface area contributed by atoms with Gasteiger partial charge in [-0.2, -0.15) is 0 Å². The first-order valence-corrected chi connectivity index (χ1v) is 7.65. The molecule has 0 unspecified atom stereocenters. The smallest absolute Gasteiger partial charge is 0.437 e. The van der Waals surface area contributed by atoms with E-state index in [2.05, 4.69) is 9.47 Å². The van der Waals surface area contributed by atoms with Crippen LogP contribution in [0.5, 0.6) is 11.5 Å². The molecule has 0 atom stereocenters. The van der Waals surface area contributed by atoms with Crippen molar-refractivity contribution in [2.45, 2.75) is 26.7 Å². The molecule has 128 valence electrons. The number of ether oxygens (including phenoxy) is 4. The molecule has 0 radical (unpaired) electrons. The lowest BCUT2D eigenvalue weighted by molar-refractivity contribution is 0.119. The van der Waals surface area contributed by atoms with Gasteiger partial charge in [0.2, 0.25) is 0 Å². The van der Waals surface area contributed by atoms with E-state index in [4.69, 9.17) is 9.47 Å². The molecule has 6 heteroatoms. The molecule has 0 aromatic heterocycles. The molecule has 0 saturated heterocycles. The number of carbonyl (C=O) groups excluding carboxylic acids is 2. The number of carbonyl (C=O) groups is 2. The fourth-order valence-corrected chi connectivity index (χ4v) is 2.71. The van der Waals surface area contributed by atoms with Gasteiger partial charge in [0.15, 0.2) is 0 Å². The molecule has 0 heterocycles. The Hall–Kier alpha value is -2.76. The van der Waals surface area contributed by atoms with Gasteiger partial charge >= 0.3 is 12.3 Å². The first-order chi connectivity index (χ1) is 11.6. The maximum atomic E-state index is 11.7. The first kappa shape index (κ1) is 17.6. The highest BCUT2D eigenvalue weighted by Crippen LogP contribution is 2.41. The molecule has 0 N–H and O–H groups in total. The minimum absolute atomic E-state index is 0.425. The van der Waals surface area contributed by atoms with Crippen molar-refractivity contribution in [3.63, 3.8) is 0 Å². The molecule has 0 amide bonds. The highest BCUT2D eigenvalue weighted by Gasteiger charge is 2.23. The number of fused-ring (bicyclic) bond motifs is 1. The Morgan fingerprint density at radius 3 is 1.46 bits per heavy atom. The van der Waals surface area contributed by atoms with E-state index in [1.54, 1.807) is 12.1 Å². The summed E-state index contributed by atoms with van der Waals surface area (Å²) in [5.41, 5.74) is 1.58. The summed E-state index contributed by atoms with van der Waals surface area (Å²) in [6, 6.07) is 7.24. The van der Waals surface area contributed by atoms with E-state index in [1.807, 2.05) is 26.0 Å². The van der Waals surface area contributed by atoms with E-state index < -0.39 is 12.3 Å². The van der Waals surface area contributed by atoms with Crippen LogP contribution in [0.15, 0.2) is 24.3 Å². The second-order valence-electron chi connectivity index (χ2n) is 4.98. The number of rotatable bonds is 4. The van der Waals surface area contributed by atoms with E-state index in [1.165, 1.54) is 14.2 Å². The van der Waals surface area contributed by atoms with Crippen LogP contribution < -0.4 is 9.47 Å². The van der Waals surface area contributed by atoms with Crippen LogP contribution in [-0.4, -0.2) is 26.5 Å². The fraction of sp³-hybridized carbons (Fsp3) is 0.333. The molecule has 24 heavy (non-hydrogen) atoms. The maximum Gasteiger partial charge on any atom is 0.513 e. The van der Waals surface area contributed by atoms with Crippen molar-refractivity contribution in [1.82, 2.24) is 0 Å². The van der Waals surface area contributed by atoms with Gasteiger partial charge in [0, 0.05) is 21.9 Å². The molecule has 6 nitrogen and oxygen atoms in total. The van der Waals surface area contributed by atoms with Crippen LogP contribution in [0.2, 0.25) is 0 Å². The third-order valence-electron chi connectivity index (χ3n) is 3.74. The Morgan fingerprint density at radius 2 is 1.17 bits per heavy atom. The predicted octanol–water partition coefficient (Wildman–Crippen LogP) is 4.26. The largest absolute Gasteiger partial charge is 0.513 e. The van der Waals surface area contributed by atoms with E-state index in [9.17, 15) is 9.59 Å². The quantitative estimate of drug-likeness (QED) is 0.615. The molecule has 0 bridgehead atoms. The molecule has 0 spiro atoms. The van der Waals surface area contributed by atoms with Gasteiger partial charge in [0.05, 0.1) is 14.2 Å². The van der Waals surface area contributed by atoms with E-state index in [-0.39, 0.29) is 0 Å². The molecule has 2 aromatic carbocycles. The van der Waals surface area contributed by atoms with Crippen molar-refractivity contribution in [1.29, 1.82) is 0 Å². The minimum atomic E-state index is -0.793. The standard InChI is InChI=1S/C18H20O6/c1-5-11-12(6-2)16(24-18(20)22-4)14-10-8-7-9-13(14)15(11)23-17(19)21-3/h7-10H,5-6H2,1-4H3. The van der Waals surface area contributed by atoms with Crippen LogP contribution in [0.25, 0.3) is 10.8 Å². The highest BCUT2D eigenvalue weighted by atomic mass is 16.7. The molecule has 0 aliphatic rings. The summed E-state index contributed by atoms with van der Waals surface area (Å²) in [6.45, 7) is 3.88. The van der Waals surface area contributed by atoms with Crippen LogP contribution in [0.3, 0.4) is 0 Å². The van der Waals surface area contributed by atoms with Gasteiger partial charge in [-0.1, -0.05) is 38.1 Å². The minimum Gasteiger partial charge on any atom is -0.437 e. The zero-order valence-corrected chi connectivity index (χ0v) is 14.2. The Morgan fingerprint density at radius 1 is 0.792 bits per heavy atom. The Kier molecular flexibility index (Phi) is 5.63. The van der Waals surface area contributed by atoms with Crippen LogP contribution in [0.4, 0.5) is 9.59 Å². The van der Waals surface area contributed by atoms with E-state index >= 15 is 0 Å². The van der Waals surface area contributed by atoms with Gasteiger partial charge in [-0.3, -0.25) is 0 Å². The topological polar surface area (TPSA) is 71.1 Å². The van der Waals surface area contributed by atoms with Crippen LogP contribution in [0, 0.1) is 0 Å². The third kappa shape index (κ3) is 3.27. The molecule has 2 aromatic rings. The average Bonchev–Trinajstić information content (AvgIpc) is 2.62. The second kappa shape index (κ2) is 7.68. The van der Waals surface area contributed by atoms with Gasteiger partial charge in [0.1, 0.15) is 11.5 Å². The van der Waals surface area contributed by atoms with Gasteiger partial charge in [-0.05, 0) is 12.8 Å². The summed E-state index contributed by atoms with van der Waals surface area (Å²) < 4.78 is 20.0. The third-order valence-corrected chi connectivity index (χ3v) is 3.74. The highest BCUT2D eigenvalue weighted by molar-refractivity contribution is 5.98. The van der Waals surface area contributed by atoms with Crippen molar-refractivity contribution in [2.24, 2.45) is 0 Å². The van der Waals surface area contributed by atoms with E-state index in [0.717, 1.165) is 11.1 Å². The zero-order chi connectivity index (χ0) is 17.7. The van der Waals surface area contributed by atoms with Gasteiger partial charge in [-0.15, -0.1) is 0 Å². The first-order valence-electron chi connectivity index (χ1n) is 7.65. The maximum absolute atomic E-state index is 11.7. The lowest BCUT2D eigenvalue weighted by Gasteiger charge is -2.19. The fourth-order valence-electron chi connectivity index (χ4n) is 2.71. The number of hydrogen-bond acceptors (Lipinski definition) is 6. The average molecular weight is 332 g/mol. The monoisotopic (exact) mass is 332 g/mol. The molecule has 0 aliphatic heterocycles. The van der Waals surface area contributed by atoms with Gasteiger partial charge in [-0.25, -0.2) is 9.59 Å². The number of methoxy groups -OCH3 is 2. The molecule has 0 aliphatic carbocycles. The lowest BCUT2D eigenvalue weighted by Crippen LogP contribution is -2.13. The van der Waals surface area contributed by atoms with Gasteiger partial charge in [0.25, 0.3) is 0 Å². The molecule has 0 saturated carbocycles. The SMILES string of the molecule is CCc1c(CC)c(OC(=O)OC)c2ccccc2c1OC(=O)OC.